The van der Waals surface area contributed by atoms with Gasteiger partial charge in [0.2, 0.25) is 0 Å². The van der Waals surface area contributed by atoms with Crippen LogP contribution in [0, 0.1) is 5.92 Å². The minimum atomic E-state index is -0.116. The molecule has 0 amide bonds. The van der Waals surface area contributed by atoms with Crippen LogP contribution < -0.4 is 0 Å². The van der Waals surface area contributed by atoms with Gasteiger partial charge in [0.1, 0.15) is 6.61 Å². The Labute approximate surface area is 74.6 Å². The molecule has 0 fully saturated rings. The van der Waals surface area contributed by atoms with Gasteiger partial charge in [-0.15, -0.1) is 0 Å². The Morgan fingerprint density at radius 3 is 2.83 bits per heavy atom. The highest BCUT2D eigenvalue weighted by Gasteiger charge is 2.04. The normalized spacial score (nSPS) is 12.2. The zero-order valence-corrected chi connectivity index (χ0v) is 8.01. The van der Waals surface area contributed by atoms with Crippen LogP contribution in [0.1, 0.15) is 33.1 Å². The second kappa shape index (κ2) is 6.89. The van der Waals surface area contributed by atoms with E-state index in [2.05, 4.69) is 20.4 Å². The van der Waals surface area contributed by atoms with Crippen LogP contribution in [0.25, 0.3) is 0 Å². The molecule has 2 nitrogen and oxygen atoms in total. The largest absolute Gasteiger partial charge is 0.461 e. The van der Waals surface area contributed by atoms with Crippen LogP contribution in [0.15, 0.2) is 12.7 Å². The molecule has 0 aliphatic carbocycles. The maximum absolute atomic E-state index is 11.0. The van der Waals surface area contributed by atoms with Gasteiger partial charge < -0.3 is 4.74 Å². The fourth-order valence-electron chi connectivity index (χ4n) is 0.792. The van der Waals surface area contributed by atoms with Gasteiger partial charge in [-0.1, -0.05) is 32.9 Å². The molecule has 0 aliphatic heterocycles. The lowest BCUT2D eigenvalue weighted by Crippen LogP contribution is -2.06. The first-order chi connectivity index (χ1) is 5.70. The van der Waals surface area contributed by atoms with Gasteiger partial charge in [-0.25, -0.2) is 0 Å². The number of hydrogen-bond donors (Lipinski definition) is 0. The second-order valence-electron chi connectivity index (χ2n) is 3.02. The molecule has 0 bridgehead atoms. The Kier molecular flexibility index (Phi) is 6.44. The Bertz CT molecular complexity index is 141. The van der Waals surface area contributed by atoms with Crippen LogP contribution >= 0.6 is 0 Å². The van der Waals surface area contributed by atoms with E-state index in [0.29, 0.717) is 18.9 Å². The smallest absolute Gasteiger partial charge is 0.306 e. The van der Waals surface area contributed by atoms with Gasteiger partial charge in [-0.05, 0) is 12.3 Å². The van der Waals surface area contributed by atoms with E-state index in [1.165, 1.54) is 0 Å². The van der Waals surface area contributed by atoms with Gasteiger partial charge in [0.05, 0.1) is 0 Å². The van der Waals surface area contributed by atoms with E-state index >= 15 is 0 Å². The van der Waals surface area contributed by atoms with E-state index in [-0.39, 0.29) is 5.97 Å². The molecule has 1 unspecified atom stereocenters. The van der Waals surface area contributed by atoms with Crippen LogP contribution in [0.2, 0.25) is 0 Å². The summed E-state index contributed by atoms with van der Waals surface area (Å²) in [4.78, 5) is 11.0. The summed E-state index contributed by atoms with van der Waals surface area (Å²) in [7, 11) is 0. The first-order valence-corrected chi connectivity index (χ1v) is 4.47. The molecule has 1 atom stereocenters. The van der Waals surface area contributed by atoms with Gasteiger partial charge in [0.15, 0.2) is 0 Å². The molecule has 0 aromatic rings. The minimum absolute atomic E-state index is 0.116. The Morgan fingerprint density at radius 2 is 2.33 bits per heavy atom. The molecule has 2 heteroatoms. The average molecular weight is 170 g/mol. The number of rotatable bonds is 6. The molecule has 0 saturated heterocycles. The summed E-state index contributed by atoms with van der Waals surface area (Å²) in [5, 5.41) is 0. The molecule has 0 saturated carbocycles. The summed E-state index contributed by atoms with van der Waals surface area (Å²) in [5.74, 6) is 0.497. The van der Waals surface area contributed by atoms with Crippen molar-refractivity contribution in [3.8, 4) is 0 Å². The maximum atomic E-state index is 11.0. The molecule has 0 aromatic heterocycles. The fraction of sp³-hybridized carbons (Fsp3) is 0.700. The van der Waals surface area contributed by atoms with Crippen molar-refractivity contribution in [2.75, 3.05) is 6.61 Å². The predicted molar refractivity (Wildman–Crippen MR) is 49.8 cm³/mol. The third kappa shape index (κ3) is 5.96. The summed E-state index contributed by atoms with van der Waals surface area (Å²) in [6.07, 6.45) is 4.16. The van der Waals surface area contributed by atoms with Crippen LogP contribution in [-0.4, -0.2) is 12.6 Å². The van der Waals surface area contributed by atoms with Crippen molar-refractivity contribution in [2.24, 2.45) is 5.92 Å². The number of esters is 1. The van der Waals surface area contributed by atoms with Crippen LogP contribution in [0.3, 0.4) is 0 Å². The highest BCUT2D eigenvalue weighted by atomic mass is 16.5. The maximum Gasteiger partial charge on any atom is 0.306 e. The zero-order valence-electron chi connectivity index (χ0n) is 8.01. The van der Waals surface area contributed by atoms with Crippen molar-refractivity contribution in [3.63, 3.8) is 0 Å². The van der Waals surface area contributed by atoms with Crippen LogP contribution in [0.5, 0.6) is 0 Å². The summed E-state index contributed by atoms with van der Waals surface area (Å²) < 4.78 is 4.83. The predicted octanol–water partition coefficient (Wildman–Crippen LogP) is 2.54. The molecule has 0 rings (SSSR count). The minimum Gasteiger partial charge on any atom is -0.461 e. The fourth-order valence-corrected chi connectivity index (χ4v) is 0.792. The number of ether oxygens (including phenoxy) is 1. The van der Waals surface area contributed by atoms with Crippen molar-refractivity contribution in [3.05, 3.63) is 12.7 Å². The van der Waals surface area contributed by atoms with Crippen LogP contribution in [-0.2, 0) is 9.53 Å². The SMILES string of the molecule is C=CCOC(=O)CCC(C)CC. The lowest BCUT2D eigenvalue weighted by atomic mass is 10.0. The number of carbonyl (C=O) groups excluding carboxylic acids is 1. The van der Waals surface area contributed by atoms with Crippen molar-refractivity contribution in [1.29, 1.82) is 0 Å². The van der Waals surface area contributed by atoms with Gasteiger partial charge in [0.25, 0.3) is 0 Å². The molecule has 12 heavy (non-hydrogen) atoms. The quantitative estimate of drug-likeness (QED) is 0.452. The number of carbonyl (C=O) groups is 1. The topological polar surface area (TPSA) is 26.3 Å². The Morgan fingerprint density at radius 1 is 1.67 bits per heavy atom. The zero-order chi connectivity index (χ0) is 9.40. The van der Waals surface area contributed by atoms with E-state index in [4.69, 9.17) is 4.74 Å². The van der Waals surface area contributed by atoms with E-state index in [9.17, 15) is 4.79 Å². The summed E-state index contributed by atoms with van der Waals surface area (Å²) in [6, 6.07) is 0. The molecular formula is C10H18O2. The van der Waals surface area contributed by atoms with Gasteiger partial charge in [-0.2, -0.15) is 0 Å². The van der Waals surface area contributed by atoms with Crippen LogP contribution in [0.4, 0.5) is 0 Å². The lowest BCUT2D eigenvalue weighted by Gasteiger charge is -2.06. The Balaban J connectivity index is 3.36. The molecule has 0 aliphatic rings. The molecular weight excluding hydrogens is 152 g/mol. The molecule has 0 radical (unpaired) electrons. The van der Waals surface area contributed by atoms with Crippen molar-refractivity contribution < 1.29 is 9.53 Å². The van der Waals surface area contributed by atoms with Gasteiger partial charge in [0, 0.05) is 6.42 Å². The van der Waals surface area contributed by atoms with Crippen molar-refractivity contribution in [2.45, 2.75) is 33.1 Å². The monoisotopic (exact) mass is 170 g/mol. The summed E-state index contributed by atoms with van der Waals surface area (Å²) in [6.45, 7) is 8.06. The van der Waals surface area contributed by atoms with Gasteiger partial charge in [-0.3, -0.25) is 4.79 Å². The number of hydrogen-bond acceptors (Lipinski definition) is 2. The lowest BCUT2D eigenvalue weighted by molar-refractivity contribution is -0.142. The van der Waals surface area contributed by atoms with E-state index in [0.717, 1.165) is 12.8 Å². The summed E-state index contributed by atoms with van der Waals surface area (Å²) in [5.41, 5.74) is 0. The van der Waals surface area contributed by atoms with Crippen molar-refractivity contribution in [1.82, 2.24) is 0 Å². The van der Waals surface area contributed by atoms with E-state index in [1.807, 2.05) is 0 Å². The standard InChI is InChI=1S/C10H18O2/c1-4-8-12-10(11)7-6-9(3)5-2/h4,9H,1,5-8H2,2-3H3. The molecule has 0 spiro atoms. The highest BCUT2D eigenvalue weighted by Crippen LogP contribution is 2.09. The molecule has 0 heterocycles. The molecule has 70 valence electrons. The van der Waals surface area contributed by atoms with E-state index < -0.39 is 0 Å². The molecule has 0 N–H and O–H groups in total. The first kappa shape index (κ1) is 11.2. The van der Waals surface area contributed by atoms with Gasteiger partial charge >= 0.3 is 5.97 Å². The third-order valence-electron chi connectivity index (χ3n) is 1.90. The Hall–Kier alpha value is -0.790. The average Bonchev–Trinajstić information content (AvgIpc) is 2.10. The molecule has 0 aromatic carbocycles. The highest BCUT2D eigenvalue weighted by molar-refractivity contribution is 5.69. The van der Waals surface area contributed by atoms with E-state index in [1.54, 1.807) is 6.08 Å². The first-order valence-electron chi connectivity index (χ1n) is 4.47. The second-order valence-corrected chi connectivity index (χ2v) is 3.02. The third-order valence-corrected chi connectivity index (χ3v) is 1.90. The van der Waals surface area contributed by atoms with Crippen molar-refractivity contribution >= 4 is 5.97 Å². The summed E-state index contributed by atoms with van der Waals surface area (Å²) >= 11 is 0.